The van der Waals surface area contributed by atoms with Crippen LogP contribution in [0.2, 0.25) is 5.02 Å². The van der Waals surface area contributed by atoms with Crippen LogP contribution >= 0.6 is 11.6 Å². The second kappa shape index (κ2) is 5.27. The predicted octanol–water partition coefficient (Wildman–Crippen LogP) is 1.69. The van der Waals surface area contributed by atoms with Crippen LogP contribution in [-0.4, -0.2) is 36.0 Å². The van der Waals surface area contributed by atoms with Crippen molar-refractivity contribution in [3.05, 3.63) is 29.3 Å². The Hall–Kier alpha value is -1.75. The smallest absolute Gasteiger partial charge is 0.324 e. The number of urea groups is 1. The predicted molar refractivity (Wildman–Crippen MR) is 69.6 cm³/mol. The number of nitrogens with zero attached hydrogens (tertiary/aromatic N) is 1. The van der Waals surface area contributed by atoms with Crippen LogP contribution < -0.4 is 10.6 Å². The summed E-state index contributed by atoms with van der Waals surface area (Å²) >= 11 is 5.78. The fraction of sp³-hybridized carbons (Fsp3) is 0.333. The van der Waals surface area contributed by atoms with Crippen molar-refractivity contribution in [2.75, 3.05) is 18.4 Å². The number of carbonyl (C=O) groups excluding carboxylic acids is 2. The summed E-state index contributed by atoms with van der Waals surface area (Å²) < 4.78 is 0. The lowest BCUT2D eigenvalue weighted by atomic mass is 10.2. The number of hydrogen-bond acceptors (Lipinski definition) is 3. The van der Waals surface area contributed by atoms with E-state index in [0.717, 1.165) is 5.69 Å². The second-order valence-corrected chi connectivity index (χ2v) is 4.53. The van der Waals surface area contributed by atoms with Crippen LogP contribution in [0.3, 0.4) is 0 Å². The summed E-state index contributed by atoms with van der Waals surface area (Å²) in [6.07, 6.45) is 0. The van der Waals surface area contributed by atoms with Crippen molar-refractivity contribution >= 4 is 29.2 Å². The second-order valence-electron chi connectivity index (χ2n) is 4.09. The fourth-order valence-electron chi connectivity index (χ4n) is 1.77. The molecule has 0 saturated carbocycles. The number of nitrogens with one attached hydrogen (secondary N) is 2. The van der Waals surface area contributed by atoms with E-state index in [2.05, 4.69) is 10.6 Å². The Morgan fingerprint density at radius 2 is 2.11 bits per heavy atom. The van der Waals surface area contributed by atoms with E-state index >= 15 is 0 Å². The summed E-state index contributed by atoms with van der Waals surface area (Å²) in [4.78, 5) is 24.6. The van der Waals surface area contributed by atoms with Crippen LogP contribution in [0.1, 0.15) is 6.92 Å². The van der Waals surface area contributed by atoms with Crippen LogP contribution in [0.15, 0.2) is 24.3 Å². The van der Waals surface area contributed by atoms with Crippen molar-refractivity contribution < 1.29 is 9.59 Å². The molecule has 6 heteroatoms. The fourth-order valence-corrected chi connectivity index (χ4v) is 1.90. The summed E-state index contributed by atoms with van der Waals surface area (Å²) in [5.74, 6) is -0.236. The molecule has 0 aliphatic carbocycles. The number of halogens is 1. The first kappa shape index (κ1) is 12.7. The molecule has 1 saturated heterocycles. The SMILES string of the molecule is C[C@@H](Nc1ccc(Cl)cc1)C(=O)N1CCNC1=O. The van der Waals surface area contributed by atoms with Crippen LogP contribution in [0.25, 0.3) is 0 Å². The van der Waals surface area contributed by atoms with Gasteiger partial charge >= 0.3 is 6.03 Å². The van der Waals surface area contributed by atoms with Crippen LogP contribution in [0.4, 0.5) is 10.5 Å². The van der Waals surface area contributed by atoms with Crippen molar-refractivity contribution in [2.45, 2.75) is 13.0 Å². The van der Waals surface area contributed by atoms with Gasteiger partial charge in [-0.1, -0.05) is 11.6 Å². The zero-order valence-corrected chi connectivity index (χ0v) is 10.7. The molecular formula is C12H14ClN3O2. The average Bonchev–Trinajstić information content (AvgIpc) is 2.77. The van der Waals surface area contributed by atoms with E-state index in [1.54, 1.807) is 31.2 Å². The van der Waals surface area contributed by atoms with Gasteiger partial charge in [0.25, 0.3) is 5.91 Å². The van der Waals surface area contributed by atoms with E-state index in [-0.39, 0.29) is 11.9 Å². The van der Waals surface area contributed by atoms with Gasteiger partial charge < -0.3 is 10.6 Å². The number of hydrogen-bond donors (Lipinski definition) is 2. The number of carbonyl (C=O) groups is 2. The average molecular weight is 268 g/mol. The van der Waals surface area contributed by atoms with Gasteiger partial charge in [-0.05, 0) is 31.2 Å². The minimum absolute atomic E-state index is 0.236. The standard InChI is InChI=1S/C12H14ClN3O2/c1-8(11(17)16-7-6-14-12(16)18)15-10-4-2-9(13)3-5-10/h2-5,8,15H,6-7H2,1H3,(H,14,18)/t8-/m1/s1. The molecule has 1 heterocycles. The normalized spacial score (nSPS) is 16.3. The first-order valence-electron chi connectivity index (χ1n) is 5.69. The Kier molecular flexibility index (Phi) is 3.72. The largest absolute Gasteiger partial charge is 0.374 e. The number of anilines is 1. The lowest BCUT2D eigenvalue weighted by Crippen LogP contribution is -2.43. The van der Waals surface area contributed by atoms with Crippen LogP contribution in [-0.2, 0) is 4.79 Å². The quantitative estimate of drug-likeness (QED) is 0.876. The Morgan fingerprint density at radius 3 is 2.67 bits per heavy atom. The first-order valence-corrected chi connectivity index (χ1v) is 6.07. The van der Waals surface area contributed by atoms with Gasteiger partial charge in [0.2, 0.25) is 0 Å². The molecule has 0 aromatic heterocycles. The maximum Gasteiger partial charge on any atom is 0.324 e. The lowest BCUT2D eigenvalue weighted by Gasteiger charge is -2.19. The minimum Gasteiger partial charge on any atom is -0.374 e. The van der Waals surface area contributed by atoms with E-state index in [1.165, 1.54) is 4.90 Å². The van der Waals surface area contributed by atoms with Crippen molar-refractivity contribution in [3.63, 3.8) is 0 Å². The molecule has 96 valence electrons. The zero-order chi connectivity index (χ0) is 13.1. The minimum atomic E-state index is -0.463. The number of imide groups is 1. The third kappa shape index (κ3) is 2.73. The molecule has 0 radical (unpaired) electrons. The van der Waals surface area contributed by atoms with Gasteiger partial charge in [0.1, 0.15) is 6.04 Å². The molecule has 5 nitrogen and oxygen atoms in total. The molecule has 1 atom stereocenters. The zero-order valence-electron chi connectivity index (χ0n) is 9.94. The van der Waals surface area contributed by atoms with E-state index in [0.29, 0.717) is 18.1 Å². The van der Waals surface area contributed by atoms with Gasteiger partial charge in [0.05, 0.1) is 0 Å². The van der Waals surface area contributed by atoms with Crippen molar-refractivity contribution in [3.8, 4) is 0 Å². The monoisotopic (exact) mass is 267 g/mol. The molecule has 1 aromatic rings. The number of rotatable bonds is 3. The Morgan fingerprint density at radius 1 is 1.44 bits per heavy atom. The third-order valence-corrected chi connectivity index (χ3v) is 2.97. The highest BCUT2D eigenvalue weighted by Gasteiger charge is 2.29. The van der Waals surface area contributed by atoms with Gasteiger partial charge in [-0.15, -0.1) is 0 Å². The molecule has 0 unspecified atom stereocenters. The van der Waals surface area contributed by atoms with Gasteiger partial charge in [-0.3, -0.25) is 9.69 Å². The topological polar surface area (TPSA) is 61.4 Å². The van der Waals surface area contributed by atoms with Crippen LogP contribution in [0.5, 0.6) is 0 Å². The highest BCUT2D eigenvalue weighted by Crippen LogP contribution is 2.15. The van der Waals surface area contributed by atoms with Gasteiger partial charge in [0, 0.05) is 23.8 Å². The highest BCUT2D eigenvalue weighted by atomic mass is 35.5. The Balaban J connectivity index is 1.99. The van der Waals surface area contributed by atoms with Crippen molar-refractivity contribution in [2.24, 2.45) is 0 Å². The molecular weight excluding hydrogens is 254 g/mol. The van der Waals surface area contributed by atoms with E-state index < -0.39 is 6.04 Å². The van der Waals surface area contributed by atoms with Gasteiger partial charge in [-0.2, -0.15) is 0 Å². The van der Waals surface area contributed by atoms with Gasteiger partial charge in [-0.25, -0.2) is 4.79 Å². The maximum atomic E-state index is 12.0. The van der Waals surface area contributed by atoms with E-state index in [4.69, 9.17) is 11.6 Å². The first-order chi connectivity index (χ1) is 8.58. The lowest BCUT2D eigenvalue weighted by molar-refractivity contribution is -0.128. The molecule has 2 N–H and O–H groups in total. The Labute approximate surface area is 110 Å². The molecule has 0 spiro atoms. The molecule has 1 aromatic carbocycles. The molecule has 3 amide bonds. The summed E-state index contributed by atoms with van der Waals surface area (Å²) in [5.41, 5.74) is 0.792. The third-order valence-electron chi connectivity index (χ3n) is 2.72. The highest BCUT2D eigenvalue weighted by molar-refractivity contribution is 6.30. The van der Waals surface area contributed by atoms with E-state index in [9.17, 15) is 9.59 Å². The van der Waals surface area contributed by atoms with Crippen LogP contribution in [0, 0.1) is 0 Å². The summed E-state index contributed by atoms with van der Waals surface area (Å²) in [6, 6.07) is 6.26. The van der Waals surface area contributed by atoms with Gasteiger partial charge in [0.15, 0.2) is 0 Å². The van der Waals surface area contributed by atoms with Crippen molar-refractivity contribution in [1.82, 2.24) is 10.2 Å². The number of benzene rings is 1. The number of amides is 3. The molecule has 1 aliphatic rings. The molecule has 1 aliphatic heterocycles. The molecule has 0 bridgehead atoms. The van der Waals surface area contributed by atoms with E-state index in [1.807, 2.05) is 0 Å². The molecule has 18 heavy (non-hydrogen) atoms. The summed E-state index contributed by atoms with van der Waals surface area (Å²) in [6.45, 7) is 2.66. The molecule has 2 rings (SSSR count). The summed E-state index contributed by atoms with van der Waals surface area (Å²) in [5, 5.41) is 6.27. The Bertz CT molecular complexity index is 461. The van der Waals surface area contributed by atoms with Crippen molar-refractivity contribution in [1.29, 1.82) is 0 Å². The summed E-state index contributed by atoms with van der Waals surface area (Å²) in [7, 11) is 0. The molecule has 1 fully saturated rings. The maximum absolute atomic E-state index is 12.0.